The van der Waals surface area contributed by atoms with Gasteiger partial charge in [0.15, 0.2) is 0 Å². The first-order valence-corrected chi connectivity index (χ1v) is 15.3. The molecule has 1 aliphatic heterocycles. The fourth-order valence-electron chi connectivity index (χ4n) is 5.03. The Labute approximate surface area is 252 Å². The molecule has 42 heavy (non-hydrogen) atoms. The van der Waals surface area contributed by atoms with Crippen LogP contribution in [0.2, 0.25) is 0 Å². The van der Waals surface area contributed by atoms with Crippen LogP contribution >= 0.6 is 0 Å². The average molecular weight is 562 g/mol. The van der Waals surface area contributed by atoms with E-state index in [2.05, 4.69) is 128 Å². The largest absolute Gasteiger partial charge is 0.334 e. The zero-order valence-corrected chi connectivity index (χ0v) is 26.1. The molecule has 1 unspecified atom stereocenters. The second kappa shape index (κ2) is 15.3. The van der Waals surface area contributed by atoms with Crippen LogP contribution in [0.25, 0.3) is 22.4 Å². The van der Waals surface area contributed by atoms with Crippen molar-refractivity contribution in [3.05, 3.63) is 121 Å². The highest BCUT2D eigenvalue weighted by Gasteiger charge is 2.24. The fourth-order valence-corrected chi connectivity index (χ4v) is 5.03. The van der Waals surface area contributed by atoms with Gasteiger partial charge in [-0.15, -0.1) is 0 Å². The maximum absolute atomic E-state index is 4.37. The lowest BCUT2D eigenvalue weighted by Crippen LogP contribution is -2.27. The van der Waals surface area contributed by atoms with Crippen molar-refractivity contribution in [1.82, 2.24) is 24.2 Å². The quantitative estimate of drug-likeness (QED) is 0.207. The molecule has 0 radical (unpaired) electrons. The van der Waals surface area contributed by atoms with Crippen molar-refractivity contribution in [3.63, 3.8) is 0 Å². The van der Waals surface area contributed by atoms with Crippen LogP contribution in [0.3, 0.4) is 0 Å². The maximum Gasteiger partial charge on any atom is 0.0956 e. The molecule has 3 heterocycles. The molecule has 5 heteroatoms. The molecule has 1 atom stereocenters. The summed E-state index contributed by atoms with van der Waals surface area (Å²) in [5, 5.41) is 4.31. The molecule has 220 valence electrons. The van der Waals surface area contributed by atoms with Gasteiger partial charge in [0, 0.05) is 48.2 Å². The first-order valence-electron chi connectivity index (χ1n) is 15.3. The molecule has 0 spiro atoms. The third-order valence-corrected chi connectivity index (χ3v) is 7.73. The Morgan fingerprint density at radius 2 is 1.24 bits per heavy atom. The van der Waals surface area contributed by atoms with Gasteiger partial charge in [-0.1, -0.05) is 91.0 Å². The van der Waals surface area contributed by atoms with Gasteiger partial charge >= 0.3 is 0 Å². The van der Waals surface area contributed by atoms with Gasteiger partial charge in [-0.05, 0) is 71.6 Å². The SMILES string of the molecule is CC(C)N1CCC(c2ccccc2)C1.CC(C)n1cc(-c2ccccc2)cn1.CC(C)n1cnc(-c2ccccc2)c1. The predicted molar refractivity (Wildman–Crippen MR) is 177 cm³/mol. The second-order valence-electron chi connectivity index (χ2n) is 11.8. The van der Waals surface area contributed by atoms with Crippen LogP contribution in [0.1, 0.15) is 71.5 Å². The molecule has 0 aliphatic carbocycles. The summed E-state index contributed by atoms with van der Waals surface area (Å²) in [6, 6.07) is 33.0. The monoisotopic (exact) mass is 561 g/mol. The Morgan fingerprint density at radius 1 is 0.643 bits per heavy atom. The lowest BCUT2D eigenvalue weighted by molar-refractivity contribution is 0.272. The van der Waals surface area contributed by atoms with E-state index in [0.717, 1.165) is 11.6 Å². The molecule has 6 rings (SSSR count). The van der Waals surface area contributed by atoms with Gasteiger partial charge in [-0.3, -0.25) is 4.68 Å². The van der Waals surface area contributed by atoms with Crippen LogP contribution in [-0.2, 0) is 0 Å². The van der Waals surface area contributed by atoms with Crippen LogP contribution < -0.4 is 0 Å². The number of hydrogen-bond donors (Lipinski definition) is 0. The molecule has 0 amide bonds. The van der Waals surface area contributed by atoms with Gasteiger partial charge in [-0.25, -0.2) is 4.98 Å². The van der Waals surface area contributed by atoms with Gasteiger partial charge in [0.05, 0.1) is 18.2 Å². The molecule has 1 fully saturated rings. The molecular weight excluding hydrogens is 514 g/mol. The number of nitrogens with zero attached hydrogens (tertiary/aromatic N) is 5. The van der Waals surface area contributed by atoms with E-state index in [1.165, 1.54) is 41.8 Å². The van der Waals surface area contributed by atoms with Crippen molar-refractivity contribution < 1.29 is 0 Å². The predicted octanol–water partition coefficient (Wildman–Crippen LogP) is 9.15. The van der Waals surface area contributed by atoms with Crippen molar-refractivity contribution in [1.29, 1.82) is 0 Å². The van der Waals surface area contributed by atoms with Crippen LogP contribution in [0.15, 0.2) is 116 Å². The van der Waals surface area contributed by atoms with Crippen molar-refractivity contribution in [2.45, 2.75) is 72.0 Å². The molecular formula is C37H47N5. The lowest BCUT2D eigenvalue weighted by Gasteiger charge is -2.20. The summed E-state index contributed by atoms with van der Waals surface area (Å²) >= 11 is 0. The maximum atomic E-state index is 4.37. The van der Waals surface area contributed by atoms with Gasteiger partial charge in [0.2, 0.25) is 0 Å². The molecule has 0 N–H and O–H groups in total. The number of hydrogen-bond acceptors (Lipinski definition) is 3. The zero-order chi connectivity index (χ0) is 29.9. The Balaban J connectivity index is 0.000000145. The van der Waals surface area contributed by atoms with E-state index in [9.17, 15) is 0 Å². The standard InChI is InChI=1S/C13H19N.2C12H14N2/c1-11(2)14-9-8-13(10-14)12-6-4-3-5-7-12;1-10(2)14-8-12(13-9-14)11-6-4-3-5-7-11;1-10(2)14-9-12(8-13-14)11-6-4-3-5-7-11/h3-7,11,13H,8-10H2,1-2H3;2*3-10H,1-2H3. The van der Waals surface area contributed by atoms with Crippen LogP contribution in [0.5, 0.6) is 0 Å². The van der Waals surface area contributed by atoms with Crippen molar-refractivity contribution in [3.8, 4) is 22.4 Å². The molecule has 5 nitrogen and oxygen atoms in total. The summed E-state index contributed by atoms with van der Waals surface area (Å²) in [6.45, 7) is 15.6. The van der Waals surface area contributed by atoms with E-state index in [0.29, 0.717) is 18.1 Å². The van der Waals surface area contributed by atoms with E-state index in [1.54, 1.807) is 0 Å². The number of imidazole rings is 1. The minimum atomic E-state index is 0.424. The highest BCUT2D eigenvalue weighted by atomic mass is 15.3. The first-order chi connectivity index (χ1) is 20.3. The zero-order valence-electron chi connectivity index (χ0n) is 26.1. The fraction of sp³-hybridized carbons (Fsp3) is 0.351. The molecule has 0 bridgehead atoms. The molecule has 1 aliphatic rings. The molecule has 5 aromatic rings. The normalized spacial score (nSPS) is 14.9. The van der Waals surface area contributed by atoms with Crippen molar-refractivity contribution in [2.24, 2.45) is 0 Å². The Bertz CT molecular complexity index is 1350. The van der Waals surface area contributed by atoms with Gasteiger partial charge in [0.25, 0.3) is 0 Å². The number of benzene rings is 3. The van der Waals surface area contributed by atoms with Crippen molar-refractivity contribution >= 4 is 0 Å². The molecule has 1 saturated heterocycles. The minimum absolute atomic E-state index is 0.424. The summed E-state index contributed by atoms with van der Waals surface area (Å²) < 4.78 is 4.09. The molecule has 0 saturated carbocycles. The Kier molecular flexibility index (Phi) is 11.3. The average Bonchev–Trinajstić information content (AvgIpc) is 3.81. The third kappa shape index (κ3) is 8.77. The van der Waals surface area contributed by atoms with E-state index in [1.807, 2.05) is 53.6 Å². The number of likely N-dealkylation sites (tertiary alicyclic amines) is 1. The third-order valence-electron chi connectivity index (χ3n) is 7.73. The topological polar surface area (TPSA) is 38.9 Å². The van der Waals surface area contributed by atoms with Crippen LogP contribution in [0.4, 0.5) is 0 Å². The minimum Gasteiger partial charge on any atom is -0.334 e. The Hall–Kier alpha value is -3.96. The van der Waals surface area contributed by atoms with Gasteiger partial charge in [-0.2, -0.15) is 5.10 Å². The highest BCUT2D eigenvalue weighted by Crippen LogP contribution is 2.28. The first kappa shape index (κ1) is 31.0. The van der Waals surface area contributed by atoms with Crippen molar-refractivity contribution in [2.75, 3.05) is 13.1 Å². The lowest BCUT2D eigenvalue weighted by atomic mass is 9.99. The highest BCUT2D eigenvalue weighted by molar-refractivity contribution is 5.61. The van der Waals surface area contributed by atoms with E-state index in [4.69, 9.17) is 0 Å². The number of rotatable bonds is 6. The van der Waals surface area contributed by atoms with Gasteiger partial charge < -0.3 is 9.47 Å². The summed E-state index contributed by atoms with van der Waals surface area (Å²) in [6.07, 6.45) is 9.28. The summed E-state index contributed by atoms with van der Waals surface area (Å²) in [5.74, 6) is 0.763. The van der Waals surface area contributed by atoms with Crippen LogP contribution in [0, 0.1) is 0 Å². The van der Waals surface area contributed by atoms with E-state index >= 15 is 0 Å². The second-order valence-corrected chi connectivity index (χ2v) is 11.8. The van der Waals surface area contributed by atoms with Gasteiger partial charge in [0.1, 0.15) is 0 Å². The molecule has 3 aromatic carbocycles. The van der Waals surface area contributed by atoms with E-state index < -0.39 is 0 Å². The summed E-state index contributed by atoms with van der Waals surface area (Å²) in [7, 11) is 0. The summed E-state index contributed by atoms with van der Waals surface area (Å²) in [4.78, 5) is 6.94. The van der Waals surface area contributed by atoms with E-state index in [-0.39, 0.29) is 0 Å². The molecule has 2 aromatic heterocycles. The Morgan fingerprint density at radius 3 is 1.74 bits per heavy atom. The summed E-state index contributed by atoms with van der Waals surface area (Å²) in [5.41, 5.74) is 6.13. The smallest absolute Gasteiger partial charge is 0.0956 e. The number of aromatic nitrogens is 4. The van der Waals surface area contributed by atoms with Crippen LogP contribution in [-0.4, -0.2) is 43.4 Å².